The van der Waals surface area contributed by atoms with E-state index in [0.717, 1.165) is 42.3 Å². The van der Waals surface area contributed by atoms with Gasteiger partial charge in [-0.1, -0.05) is 0 Å². The Kier molecular flexibility index (Phi) is 4.00. The van der Waals surface area contributed by atoms with Crippen LogP contribution in [0, 0.1) is 6.92 Å². The predicted octanol–water partition coefficient (Wildman–Crippen LogP) is 1.21. The van der Waals surface area contributed by atoms with Gasteiger partial charge in [0.05, 0.1) is 23.4 Å². The van der Waals surface area contributed by atoms with Crippen molar-refractivity contribution in [1.29, 1.82) is 0 Å². The van der Waals surface area contributed by atoms with E-state index in [9.17, 15) is 0 Å². The molecule has 0 saturated carbocycles. The van der Waals surface area contributed by atoms with Crippen LogP contribution in [0.25, 0.3) is 10.2 Å². The largest absolute Gasteiger partial charge is 0.378 e. The number of aryl methyl sites for hydroxylation is 1. The molecule has 0 amide bonds. The van der Waals surface area contributed by atoms with Crippen LogP contribution < -0.4 is 16.0 Å². The van der Waals surface area contributed by atoms with Crippen LogP contribution in [0.4, 0.5) is 11.8 Å². The number of hydrogen-bond donors (Lipinski definition) is 2. The third-order valence-corrected chi connectivity index (χ3v) is 4.25. The summed E-state index contributed by atoms with van der Waals surface area (Å²) in [5, 5.41) is 3.17. The molecule has 1 aliphatic rings. The fourth-order valence-corrected chi connectivity index (χ4v) is 3.25. The van der Waals surface area contributed by atoms with Crippen molar-refractivity contribution in [3.05, 3.63) is 10.9 Å². The Hall–Kier alpha value is -1.44. The average Bonchev–Trinajstić information content (AvgIpc) is 2.85. The Morgan fingerprint density at radius 3 is 2.95 bits per heavy atom. The topological polar surface area (TPSA) is 76.3 Å². The van der Waals surface area contributed by atoms with Crippen LogP contribution in [0.5, 0.6) is 0 Å². The van der Waals surface area contributed by atoms with Crippen molar-refractivity contribution in [2.45, 2.75) is 6.92 Å². The molecular weight excluding hydrogens is 274 g/mol. The average molecular weight is 293 g/mol. The maximum absolute atomic E-state index is 5.53. The second kappa shape index (κ2) is 5.90. The van der Waals surface area contributed by atoms with Gasteiger partial charge in [-0.25, -0.2) is 4.98 Å². The summed E-state index contributed by atoms with van der Waals surface area (Å²) < 4.78 is 6.58. The molecule has 3 rings (SSSR count). The molecule has 1 fully saturated rings. The molecule has 0 atom stereocenters. The lowest BCUT2D eigenvalue weighted by Gasteiger charge is -2.28. The van der Waals surface area contributed by atoms with Gasteiger partial charge in [0.2, 0.25) is 5.95 Å². The molecule has 0 aromatic carbocycles. The molecule has 3 N–H and O–H groups in total. The molecule has 0 spiro atoms. The lowest BCUT2D eigenvalue weighted by molar-refractivity contribution is 0.122. The number of ether oxygens (including phenoxy) is 1. The van der Waals surface area contributed by atoms with E-state index in [-0.39, 0.29) is 0 Å². The highest BCUT2D eigenvalue weighted by Gasteiger charge is 2.18. The van der Waals surface area contributed by atoms with Crippen molar-refractivity contribution in [3.63, 3.8) is 0 Å². The fraction of sp³-hybridized carbons (Fsp3) is 0.538. The highest BCUT2D eigenvalue weighted by molar-refractivity contribution is 7.19. The Morgan fingerprint density at radius 2 is 2.20 bits per heavy atom. The van der Waals surface area contributed by atoms with Gasteiger partial charge < -0.3 is 20.7 Å². The summed E-state index contributed by atoms with van der Waals surface area (Å²) in [6, 6.07) is 2.11. The number of morpholine rings is 1. The molecule has 2 aromatic heterocycles. The predicted molar refractivity (Wildman–Crippen MR) is 82.7 cm³/mol. The highest BCUT2D eigenvalue weighted by Crippen LogP contribution is 2.32. The lowest BCUT2D eigenvalue weighted by Crippen LogP contribution is -2.37. The van der Waals surface area contributed by atoms with Crippen molar-refractivity contribution in [2.75, 3.05) is 49.6 Å². The number of anilines is 2. The summed E-state index contributed by atoms with van der Waals surface area (Å²) in [6.07, 6.45) is 0. The molecule has 20 heavy (non-hydrogen) atoms. The molecule has 0 aliphatic carbocycles. The zero-order valence-corrected chi connectivity index (χ0v) is 12.4. The van der Waals surface area contributed by atoms with E-state index in [2.05, 4.69) is 33.2 Å². The van der Waals surface area contributed by atoms with Crippen molar-refractivity contribution in [2.24, 2.45) is 5.73 Å². The van der Waals surface area contributed by atoms with Crippen LogP contribution >= 0.6 is 11.3 Å². The quantitative estimate of drug-likeness (QED) is 0.882. The summed E-state index contributed by atoms with van der Waals surface area (Å²) >= 11 is 1.74. The smallest absolute Gasteiger partial charge is 0.225 e. The van der Waals surface area contributed by atoms with Crippen LogP contribution in [0.3, 0.4) is 0 Å². The first kappa shape index (κ1) is 13.5. The van der Waals surface area contributed by atoms with Crippen LogP contribution in [0.1, 0.15) is 4.88 Å². The van der Waals surface area contributed by atoms with E-state index in [1.54, 1.807) is 11.3 Å². The number of nitrogens with zero attached hydrogens (tertiary/aromatic N) is 3. The molecule has 6 nitrogen and oxygen atoms in total. The number of thiophene rings is 1. The number of nitrogens with two attached hydrogens (primary N) is 1. The van der Waals surface area contributed by atoms with E-state index in [1.807, 2.05) is 0 Å². The normalized spacial score (nSPS) is 15.8. The molecule has 0 unspecified atom stereocenters. The Bertz CT molecular complexity index is 594. The number of rotatable bonds is 4. The molecule has 108 valence electrons. The third-order valence-electron chi connectivity index (χ3n) is 3.21. The van der Waals surface area contributed by atoms with E-state index >= 15 is 0 Å². The highest BCUT2D eigenvalue weighted by atomic mass is 32.1. The minimum atomic E-state index is 0.566. The van der Waals surface area contributed by atoms with Crippen LogP contribution in [-0.4, -0.2) is 49.4 Å². The van der Waals surface area contributed by atoms with Gasteiger partial charge in [0.15, 0.2) is 5.82 Å². The SMILES string of the molecule is Cc1cc2nc(NCCN)nc(N3CCOCC3)c2s1. The third kappa shape index (κ3) is 2.70. The first-order chi connectivity index (χ1) is 9.78. The van der Waals surface area contributed by atoms with Crippen LogP contribution in [0.2, 0.25) is 0 Å². The molecule has 2 aromatic rings. The number of aromatic nitrogens is 2. The van der Waals surface area contributed by atoms with Gasteiger partial charge >= 0.3 is 0 Å². The molecule has 3 heterocycles. The van der Waals surface area contributed by atoms with Gasteiger partial charge in [-0.15, -0.1) is 11.3 Å². The minimum absolute atomic E-state index is 0.566. The summed E-state index contributed by atoms with van der Waals surface area (Å²) in [7, 11) is 0. The molecule has 7 heteroatoms. The van der Waals surface area contributed by atoms with Gasteiger partial charge in [0.1, 0.15) is 0 Å². The van der Waals surface area contributed by atoms with Gasteiger partial charge in [0.25, 0.3) is 0 Å². The van der Waals surface area contributed by atoms with E-state index < -0.39 is 0 Å². The van der Waals surface area contributed by atoms with Gasteiger partial charge in [-0.05, 0) is 13.0 Å². The number of fused-ring (bicyclic) bond motifs is 1. The van der Waals surface area contributed by atoms with Crippen molar-refractivity contribution >= 4 is 33.3 Å². The molecule has 1 aliphatic heterocycles. The molecule has 0 radical (unpaired) electrons. The standard InChI is InChI=1S/C13H19N5OS/c1-9-8-10-11(20-9)12(18-4-6-19-7-5-18)17-13(16-10)15-3-2-14/h8H,2-7,14H2,1H3,(H,15,16,17). The summed E-state index contributed by atoms with van der Waals surface area (Å²) in [4.78, 5) is 12.8. The Morgan fingerprint density at radius 1 is 1.40 bits per heavy atom. The van der Waals surface area contributed by atoms with Gasteiger partial charge in [-0.2, -0.15) is 4.98 Å². The molecule has 1 saturated heterocycles. The summed E-state index contributed by atoms with van der Waals surface area (Å²) in [5.41, 5.74) is 6.53. The van der Waals surface area contributed by atoms with E-state index in [1.165, 1.54) is 4.88 Å². The maximum Gasteiger partial charge on any atom is 0.225 e. The van der Waals surface area contributed by atoms with E-state index in [4.69, 9.17) is 10.5 Å². The Labute approximate surface area is 122 Å². The second-order valence-electron chi connectivity index (χ2n) is 4.76. The minimum Gasteiger partial charge on any atom is -0.378 e. The Balaban J connectivity index is 2.01. The summed E-state index contributed by atoms with van der Waals surface area (Å²) in [5.74, 6) is 1.66. The number of hydrogen-bond acceptors (Lipinski definition) is 7. The zero-order valence-electron chi connectivity index (χ0n) is 11.6. The molecular formula is C13H19N5OS. The summed E-state index contributed by atoms with van der Waals surface area (Å²) in [6.45, 7) is 6.60. The first-order valence-electron chi connectivity index (χ1n) is 6.83. The van der Waals surface area contributed by atoms with Gasteiger partial charge in [0, 0.05) is 31.1 Å². The number of nitrogens with one attached hydrogen (secondary N) is 1. The maximum atomic E-state index is 5.53. The zero-order chi connectivity index (χ0) is 13.9. The first-order valence-corrected chi connectivity index (χ1v) is 7.64. The lowest BCUT2D eigenvalue weighted by atomic mass is 10.3. The van der Waals surface area contributed by atoms with Gasteiger partial charge in [-0.3, -0.25) is 0 Å². The van der Waals surface area contributed by atoms with Crippen molar-refractivity contribution in [1.82, 2.24) is 9.97 Å². The van der Waals surface area contributed by atoms with Crippen molar-refractivity contribution in [3.8, 4) is 0 Å². The fourth-order valence-electron chi connectivity index (χ4n) is 2.29. The van der Waals surface area contributed by atoms with E-state index in [0.29, 0.717) is 19.0 Å². The monoisotopic (exact) mass is 293 g/mol. The van der Waals surface area contributed by atoms with Crippen LogP contribution in [0.15, 0.2) is 6.07 Å². The molecule has 0 bridgehead atoms. The second-order valence-corrected chi connectivity index (χ2v) is 6.01. The van der Waals surface area contributed by atoms with Crippen LogP contribution in [-0.2, 0) is 4.74 Å². The van der Waals surface area contributed by atoms with Crippen molar-refractivity contribution < 1.29 is 4.74 Å².